The minimum absolute atomic E-state index is 0.0226. The van der Waals surface area contributed by atoms with Gasteiger partial charge in [0.15, 0.2) is 0 Å². The van der Waals surface area contributed by atoms with Crippen LogP contribution in [0.1, 0.15) is 99.8 Å². The van der Waals surface area contributed by atoms with Gasteiger partial charge in [0.2, 0.25) is 0 Å². The number of hydrogen-bond donors (Lipinski definition) is 3. The normalized spacial score (nSPS) is 39.7. The van der Waals surface area contributed by atoms with Gasteiger partial charge < -0.3 is 0 Å². The fourth-order valence-corrected chi connectivity index (χ4v) is 11.1. The van der Waals surface area contributed by atoms with Gasteiger partial charge in [-0.1, -0.05) is 72.3 Å². The Bertz CT molecular complexity index is 1530. The van der Waals surface area contributed by atoms with Crippen LogP contribution in [0, 0.1) is 45.3 Å². The SMILES string of the molecule is C=C(CC[C@@H](C)[C@H]1CC[C@@]2(C)C3C[C@H](OS(=O)(=O)O)C4C[C@H](OS(=O)(=O)O)[C@@H](OS(=O)(=O)O)C[C@]4(C)C3=CC[C@]12C)C(C)(C)C. The Labute approximate surface area is 269 Å². The molecular weight excluding hydrogens is 649 g/mol. The van der Waals surface area contributed by atoms with E-state index in [1.54, 1.807) is 0 Å². The average molecular weight is 699 g/mol. The van der Waals surface area contributed by atoms with Gasteiger partial charge in [0.25, 0.3) is 0 Å². The van der Waals surface area contributed by atoms with Gasteiger partial charge in [0.05, 0.1) is 6.10 Å². The van der Waals surface area contributed by atoms with E-state index in [9.17, 15) is 38.9 Å². The maximum atomic E-state index is 12.1. The lowest BCUT2D eigenvalue weighted by Gasteiger charge is -2.63. The summed E-state index contributed by atoms with van der Waals surface area (Å²) < 4.78 is 115. The van der Waals surface area contributed by atoms with E-state index >= 15 is 0 Å². The maximum absolute atomic E-state index is 12.1. The van der Waals surface area contributed by atoms with Gasteiger partial charge in [-0.2, -0.15) is 25.3 Å². The van der Waals surface area contributed by atoms with Crippen molar-refractivity contribution in [3.8, 4) is 0 Å². The first kappa shape index (κ1) is 36.9. The van der Waals surface area contributed by atoms with Crippen LogP contribution in [-0.2, 0) is 43.7 Å². The molecule has 12 nitrogen and oxygen atoms in total. The van der Waals surface area contributed by atoms with Crippen molar-refractivity contribution in [2.75, 3.05) is 0 Å². The van der Waals surface area contributed by atoms with Gasteiger partial charge in [-0.25, -0.2) is 12.5 Å². The Kier molecular flexibility index (Phi) is 9.76. The summed E-state index contributed by atoms with van der Waals surface area (Å²) in [6.07, 6.45) is 2.13. The van der Waals surface area contributed by atoms with E-state index in [0.717, 1.165) is 37.7 Å². The molecule has 0 spiro atoms. The molecule has 4 aliphatic rings. The summed E-state index contributed by atoms with van der Waals surface area (Å²) in [5, 5.41) is 0. The van der Waals surface area contributed by atoms with Crippen molar-refractivity contribution in [2.45, 2.75) is 118 Å². The fourth-order valence-electron chi connectivity index (χ4n) is 9.58. The molecule has 0 aromatic rings. The predicted octanol–water partition coefficient (Wildman–Crippen LogP) is 5.76. The third-order valence-electron chi connectivity index (χ3n) is 12.3. The average Bonchev–Trinajstić information content (AvgIpc) is 3.11. The smallest absolute Gasteiger partial charge is 0.264 e. The van der Waals surface area contributed by atoms with Crippen LogP contribution >= 0.6 is 0 Å². The molecule has 15 heteroatoms. The Hall–Kier alpha value is -0.910. The fraction of sp³-hybridized carbons (Fsp3) is 0.867. The maximum Gasteiger partial charge on any atom is 0.397 e. The molecule has 0 bridgehead atoms. The van der Waals surface area contributed by atoms with Crippen LogP contribution in [0.2, 0.25) is 0 Å². The quantitative estimate of drug-likeness (QED) is 0.185. The molecule has 0 heterocycles. The second-order valence-electron chi connectivity index (χ2n) is 15.7. The summed E-state index contributed by atoms with van der Waals surface area (Å²) in [4.78, 5) is 0. The van der Waals surface area contributed by atoms with Crippen molar-refractivity contribution in [1.82, 2.24) is 0 Å². The number of rotatable bonds is 10. The molecule has 260 valence electrons. The molecule has 4 rings (SSSR count). The Balaban J connectivity index is 1.75. The Morgan fingerprint density at radius 2 is 1.44 bits per heavy atom. The highest BCUT2D eigenvalue weighted by atomic mass is 32.3. The standard InChI is InChI=1S/C30H50O12S3/c1-18(9-10-19(2)27(3,4)5)20-11-13-30(8)22-15-24(40-43(31,32)33)23-16-25(41-44(34,35)36)26(42-45(37,38)39)17-28(23,6)21(22)12-14-29(20,30)7/h12,18,20,22-26H,2,9-11,13-17H2,1,3-8H3,(H,31,32,33)(H,34,35,36)(H,37,38,39)/t18-,20-,22?,23?,24+,25+,26+,28-,29-,30+/m1/s1. The highest BCUT2D eigenvalue weighted by Crippen LogP contribution is 2.72. The molecule has 4 aliphatic carbocycles. The zero-order valence-corrected chi connectivity index (χ0v) is 29.7. The summed E-state index contributed by atoms with van der Waals surface area (Å²) in [7, 11) is -15.1. The van der Waals surface area contributed by atoms with Gasteiger partial charge in [0.1, 0.15) is 12.2 Å². The Morgan fingerprint density at radius 3 is 1.98 bits per heavy atom. The van der Waals surface area contributed by atoms with Crippen molar-refractivity contribution in [2.24, 2.45) is 45.3 Å². The molecule has 3 saturated carbocycles. The van der Waals surface area contributed by atoms with E-state index in [0.29, 0.717) is 11.8 Å². The summed E-state index contributed by atoms with van der Waals surface area (Å²) in [6, 6.07) is 0. The second-order valence-corrected chi connectivity index (χ2v) is 18.8. The molecule has 3 fully saturated rings. The monoisotopic (exact) mass is 698 g/mol. The van der Waals surface area contributed by atoms with Crippen LogP contribution in [0.3, 0.4) is 0 Å². The molecule has 0 aliphatic heterocycles. The Morgan fingerprint density at radius 1 is 0.911 bits per heavy atom. The van der Waals surface area contributed by atoms with E-state index in [2.05, 4.69) is 54.2 Å². The zero-order chi connectivity index (χ0) is 34.2. The van der Waals surface area contributed by atoms with Gasteiger partial charge in [-0.05, 0) is 96.7 Å². The zero-order valence-electron chi connectivity index (χ0n) is 27.2. The molecule has 2 unspecified atom stereocenters. The van der Waals surface area contributed by atoms with E-state index in [-0.39, 0.29) is 41.4 Å². The highest BCUT2D eigenvalue weighted by molar-refractivity contribution is 7.81. The van der Waals surface area contributed by atoms with Crippen LogP contribution < -0.4 is 0 Å². The number of hydrogen-bond acceptors (Lipinski definition) is 9. The minimum atomic E-state index is -5.09. The summed E-state index contributed by atoms with van der Waals surface area (Å²) >= 11 is 0. The van der Waals surface area contributed by atoms with Gasteiger partial charge in [-0.3, -0.25) is 13.7 Å². The molecule has 10 atom stereocenters. The predicted molar refractivity (Wildman–Crippen MR) is 167 cm³/mol. The van der Waals surface area contributed by atoms with Crippen molar-refractivity contribution < 1.29 is 51.5 Å². The summed E-state index contributed by atoms with van der Waals surface area (Å²) in [5.74, 6) is -0.226. The number of fused-ring (bicyclic) bond motifs is 5. The number of allylic oxidation sites excluding steroid dienone is 3. The topological polar surface area (TPSA) is 191 Å². The van der Waals surface area contributed by atoms with Crippen molar-refractivity contribution >= 4 is 31.2 Å². The first-order chi connectivity index (χ1) is 20.2. The first-order valence-corrected chi connectivity index (χ1v) is 19.7. The van der Waals surface area contributed by atoms with E-state index in [1.165, 1.54) is 5.57 Å². The van der Waals surface area contributed by atoms with E-state index < -0.39 is 60.8 Å². The molecular formula is C30H50O12S3. The third kappa shape index (κ3) is 7.41. The lowest BCUT2D eigenvalue weighted by Crippen LogP contribution is -2.60. The van der Waals surface area contributed by atoms with Crippen LogP contribution in [-0.4, -0.2) is 57.2 Å². The minimum Gasteiger partial charge on any atom is -0.264 e. The highest BCUT2D eigenvalue weighted by Gasteiger charge is 2.66. The largest absolute Gasteiger partial charge is 0.397 e. The lowest BCUT2D eigenvalue weighted by atomic mass is 9.43. The third-order valence-corrected chi connectivity index (χ3v) is 13.8. The summed E-state index contributed by atoms with van der Waals surface area (Å²) in [5.41, 5.74) is 0.724. The van der Waals surface area contributed by atoms with Gasteiger partial charge >= 0.3 is 31.2 Å². The van der Waals surface area contributed by atoms with Crippen LogP contribution in [0.5, 0.6) is 0 Å². The van der Waals surface area contributed by atoms with Crippen LogP contribution in [0.25, 0.3) is 0 Å². The first-order valence-electron chi connectivity index (χ1n) is 15.6. The van der Waals surface area contributed by atoms with Crippen molar-refractivity contribution in [3.63, 3.8) is 0 Å². The second kappa shape index (κ2) is 11.9. The molecule has 0 saturated heterocycles. The summed E-state index contributed by atoms with van der Waals surface area (Å²) in [6.45, 7) is 19.4. The molecule has 0 aromatic heterocycles. The van der Waals surface area contributed by atoms with E-state index in [4.69, 9.17) is 12.5 Å². The molecule has 0 aromatic carbocycles. The van der Waals surface area contributed by atoms with Crippen molar-refractivity contribution in [1.29, 1.82) is 0 Å². The van der Waals surface area contributed by atoms with Crippen LogP contribution in [0.15, 0.2) is 23.8 Å². The van der Waals surface area contributed by atoms with Crippen LogP contribution in [0.4, 0.5) is 0 Å². The molecule has 0 radical (unpaired) electrons. The van der Waals surface area contributed by atoms with Crippen molar-refractivity contribution in [3.05, 3.63) is 23.8 Å². The van der Waals surface area contributed by atoms with Gasteiger partial charge in [-0.15, -0.1) is 0 Å². The van der Waals surface area contributed by atoms with E-state index in [1.807, 2.05) is 6.92 Å². The molecule has 45 heavy (non-hydrogen) atoms. The molecule has 0 amide bonds. The lowest BCUT2D eigenvalue weighted by molar-refractivity contribution is -0.122. The van der Waals surface area contributed by atoms with Gasteiger partial charge in [0, 0.05) is 0 Å². The molecule has 3 N–H and O–H groups in total.